The van der Waals surface area contributed by atoms with E-state index in [4.69, 9.17) is 16.3 Å². The van der Waals surface area contributed by atoms with E-state index in [0.717, 1.165) is 19.3 Å². The largest absolute Gasteiger partial charge is 0.451 e. The number of aryl methyl sites for hydroxylation is 1. The number of rotatable bonds is 5. The number of amides is 1. The van der Waals surface area contributed by atoms with Crippen LogP contribution in [0.2, 0.25) is 5.02 Å². The molecule has 0 aliphatic heterocycles. The molecule has 0 radical (unpaired) electrons. The number of nitrogens with one attached hydrogen (secondary N) is 1. The molecule has 1 amide bonds. The molecule has 0 spiro atoms. The fraction of sp³-hybridized carbons (Fsp3) is 0.429. The van der Waals surface area contributed by atoms with E-state index in [2.05, 4.69) is 17.3 Å². The van der Waals surface area contributed by atoms with Crippen LogP contribution in [-0.2, 0) is 9.53 Å². The van der Waals surface area contributed by atoms with Crippen molar-refractivity contribution < 1.29 is 14.3 Å². The number of hydrogen-bond acceptors (Lipinski definition) is 5. The Balaban J connectivity index is 1.68. The van der Waals surface area contributed by atoms with Gasteiger partial charge in [-0.1, -0.05) is 31.4 Å². The van der Waals surface area contributed by atoms with Gasteiger partial charge in [0.1, 0.15) is 0 Å². The summed E-state index contributed by atoms with van der Waals surface area (Å²) >= 11 is 5.90. The van der Waals surface area contributed by atoms with Crippen LogP contribution in [0, 0.1) is 12.8 Å². The molecule has 1 saturated carbocycles. The van der Waals surface area contributed by atoms with E-state index in [-0.39, 0.29) is 17.6 Å². The Bertz CT molecular complexity index is 955. The Kier molecular flexibility index (Phi) is 6.69. The van der Waals surface area contributed by atoms with Gasteiger partial charge < -0.3 is 10.1 Å². The number of aromatic nitrogens is 2. The van der Waals surface area contributed by atoms with Crippen molar-refractivity contribution >= 4 is 23.5 Å². The SMILES string of the molecule is Cc1cc(=O)c(C(=O)OCC(=O)N[C@@H]2CCCC[C@@H]2C)nn1-c1ccc(Cl)cc1. The van der Waals surface area contributed by atoms with Crippen LogP contribution in [-0.4, -0.2) is 34.3 Å². The predicted molar refractivity (Wildman–Crippen MR) is 109 cm³/mol. The first kappa shape index (κ1) is 21.0. The van der Waals surface area contributed by atoms with Gasteiger partial charge >= 0.3 is 5.97 Å². The fourth-order valence-electron chi connectivity index (χ4n) is 3.51. The molecule has 2 atom stereocenters. The lowest BCUT2D eigenvalue weighted by Crippen LogP contribution is -2.43. The summed E-state index contributed by atoms with van der Waals surface area (Å²) in [7, 11) is 0. The van der Waals surface area contributed by atoms with Crippen molar-refractivity contribution in [3.8, 4) is 5.69 Å². The minimum Gasteiger partial charge on any atom is -0.451 e. The van der Waals surface area contributed by atoms with Gasteiger partial charge in [0.25, 0.3) is 5.91 Å². The molecule has 1 heterocycles. The topological polar surface area (TPSA) is 90.3 Å². The van der Waals surface area contributed by atoms with Crippen LogP contribution in [0.4, 0.5) is 0 Å². The molecule has 29 heavy (non-hydrogen) atoms. The first-order valence-electron chi connectivity index (χ1n) is 9.68. The summed E-state index contributed by atoms with van der Waals surface area (Å²) in [6, 6.07) is 8.22. The summed E-state index contributed by atoms with van der Waals surface area (Å²) in [5.41, 5.74) is 0.270. The second-order valence-corrected chi connectivity index (χ2v) is 7.84. The second-order valence-electron chi connectivity index (χ2n) is 7.40. The molecule has 1 aliphatic rings. The maximum Gasteiger partial charge on any atom is 0.363 e. The average molecular weight is 418 g/mol. The monoisotopic (exact) mass is 417 g/mol. The molecule has 2 aromatic rings. The Morgan fingerprint density at radius 3 is 2.62 bits per heavy atom. The zero-order valence-electron chi connectivity index (χ0n) is 16.5. The molecule has 1 aromatic heterocycles. The zero-order valence-corrected chi connectivity index (χ0v) is 17.2. The minimum absolute atomic E-state index is 0.0922. The van der Waals surface area contributed by atoms with Gasteiger partial charge in [-0.3, -0.25) is 9.59 Å². The third-order valence-corrected chi connectivity index (χ3v) is 5.42. The van der Waals surface area contributed by atoms with Gasteiger partial charge in [0.2, 0.25) is 11.1 Å². The molecule has 3 rings (SSSR count). The number of nitrogens with zero attached hydrogens (tertiary/aromatic N) is 2. The molecule has 0 unspecified atom stereocenters. The maximum atomic E-state index is 12.4. The Hall–Kier alpha value is -2.67. The zero-order chi connectivity index (χ0) is 21.0. The van der Waals surface area contributed by atoms with Crippen LogP contribution in [0.15, 0.2) is 35.1 Å². The Morgan fingerprint density at radius 2 is 1.93 bits per heavy atom. The number of halogens is 1. The molecule has 0 bridgehead atoms. The highest BCUT2D eigenvalue weighted by molar-refractivity contribution is 6.30. The van der Waals surface area contributed by atoms with E-state index in [1.54, 1.807) is 31.2 Å². The molecule has 1 aliphatic carbocycles. The van der Waals surface area contributed by atoms with Crippen molar-refractivity contribution in [2.75, 3.05) is 6.61 Å². The first-order valence-corrected chi connectivity index (χ1v) is 10.1. The van der Waals surface area contributed by atoms with Gasteiger partial charge in [-0.05, 0) is 49.9 Å². The van der Waals surface area contributed by atoms with Gasteiger partial charge in [0.15, 0.2) is 6.61 Å². The van der Waals surface area contributed by atoms with Gasteiger partial charge in [-0.25, -0.2) is 9.48 Å². The van der Waals surface area contributed by atoms with Crippen LogP contribution in [0.25, 0.3) is 5.69 Å². The number of hydrogen-bond donors (Lipinski definition) is 1. The van der Waals surface area contributed by atoms with E-state index < -0.39 is 18.0 Å². The number of carbonyl (C=O) groups is 2. The summed E-state index contributed by atoms with van der Waals surface area (Å²) in [5, 5.41) is 7.60. The third-order valence-electron chi connectivity index (χ3n) is 5.16. The van der Waals surface area contributed by atoms with Crippen molar-refractivity contribution in [1.29, 1.82) is 0 Å². The van der Waals surface area contributed by atoms with Crippen molar-refractivity contribution in [3.05, 3.63) is 57.0 Å². The molecule has 1 fully saturated rings. The van der Waals surface area contributed by atoms with Crippen LogP contribution in [0.3, 0.4) is 0 Å². The number of benzene rings is 1. The summed E-state index contributed by atoms with van der Waals surface area (Å²) in [6.45, 7) is 3.36. The lowest BCUT2D eigenvalue weighted by Gasteiger charge is -2.29. The smallest absolute Gasteiger partial charge is 0.363 e. The van der Waals surface area contributed by atoms with Crippen molar-refractivity contribution in [2.45, 2.75) is 45.6 Å². The second kappa shape index (κ2) is 9.22. The molecule has 0 saturated heterocycles. The quantitative estimate of drug-likeness (QED) is 0.755. The van der Waals surface area contributed by atoms with Gasteiger partial charge in [0.05, 0.1) is 5.69 Å². The molecular formula is C21H24ClN3O4. The van der Waals surface area contributed by atoms with E-state index in [9.17, 15) is 14.4 Å². The molecule has 7 nitrogen and oxygen atoms in total. The molecule has 154 valence electrons. The third kappa shape index (κ3) is 5.23. The standard InChI is InChI=1S/C21H24ClN3O4/c1-13-5-3-4-6-17(13)23-19(27)12-29-21(28)20-18(26)11-14(2)25(24-20)16-9-7-15(22)8-10-16/h7-11,13,17H,3-6,12H2,1-2H3,(H,23,27)/t13-,17+/m0/s1. The number of carbonyl (C=O) groups excluding carboxylic acids is 2. The normalized spacial score (nSPS) is 18.9. The highest BCUT2D eigenvalue weighted by atomic mass is 35.5. The van der Waals surface area contributed by atoms with Gasteiger partial charge in [0, 0.05) is 22.8 Å². The number of ether oxygens (including phenoxy) is 1. The Morgan fingerprint density at radius 1 is 1.24 bits per heavy atom. The summed E-state index contributed by atoms with van der Waals surface area (Å²) in [6.07, 6.45) is 4.24. The minimum atomic E-state index is -0.926. The highest BCUT2D eigenvalue weighted by Crippen LogP contribution is 2.23. The van der Waals surface area contributed by atoms with Crippen LogP contribution in [0.5, 0.6) is 0 Å². The first-order chi connectivity index (χ1) is 13.8. The van der Waals surface area contributed by atoms with E-state index in [1.165, 1.54) is 17.2 Å². The highest BCUT2D eigenvalue weighted by Gasteiger charge is 2.24. The van der Waals surface area contributed by atoms with Crippen LogP contribution < -0.4 is 10.7 Å². The van der Waals surface area contributed by atoms with Gasteiger partial charge in [-0.15, -0.1) is 0 Å². The molecular weight excluding hydrogens is 394 g/mol. The van der Waals surface area contributed by atoms with E-state index >= 15 is 0 Å². The van der Waals surface area contributed by atoms with Crippen LogP contribution >= 0.6 is 11.6 Å². The van der Waals surface area contributed by atoms with Crippen LogP contribution in [0.1, 0.15) is 48.8 Å². The van der Waals surface area contributed by atoms with Crippen molar-refractivity contribution in [1.82, 2.24) is 15.1 Å². The molecule has 8 heteroatoms. The van der Waals surface area contributed by atoms with Gasteiger partial charge in [-0.2, -0.15) is 5.10 Å². The molecule has 1 N–H and O–H groups in total. The maximum absolute atomic E-state index is 12.4. The number of esters is 1. The Labute approximate surface area is 174 Å². The lowest BCUT2D eigenvalue weighted by atomic mass is 9.86. The predicted octanol–water partition coefficient (Wildman–Crippen LogP) is 3.05. The fourth-order valence-corrected chi connectivity index (χ4v) is 3.64. The van der Waals surface area contributed by atoms with Crippen molar-refractivity contribution in [2.24, 2.45) is 5.92 Å². The van der Waals surface area contributed by atoms with E-state index in [1.807, 2.05) is 0 Å². The summed E-state index contributed by atoms with van der Waals surface area (Å²) in [4.78, 5) is 36.7. The summed E-state index contributed by atoms with van der Waals surface area (Å²) < 4.78 is 6.51. The summed E-state index contributed by atoms with van der Waals surface area (Å²) in [5.74, 6) is -0.902. The average Bonchev–Trinajstić information content (AvgIpc) is 2.69. The van der Waals surface area contributed by atoms with Crippen molar-refractivity contribution in [3.63, 3.8) is 0 Å². The lowest BCUT2D eigenvalue weighted by molar-refractivity contribution is -0.125. The molecule has 1 aromatic carbocycles. The van der Waals surface area contributed by atoms with E-state index in [0.29, 0.717) is 22.3 Å².